The number of aromatic nitrogens is 2. The molecule has 5 nitrogen and oxygen atoms in total. The first-order valence-corrected chi connectivity index (χ1v) is 9.24. The number of hydrogen-bond acceptors (Lipinski definition) is 5. The van der Waals surface area contributed by atoms with Crippen LogP contribution in [-0.4, -0.2) is 28.5 Å². The van der Waals surface area contributed by atoms with E-state index in [2.05, 4.69) is 10.2 Å². The topological polar surface area (TPSA) is 57.4 Å². The monoisotopic (exact) mass is 438 g/mol. The molecule has 0 saturated carbocycles. The number of nitrogens with zero attached hydrogens (tertiary/aromatic N) is 2. The highest BCUT2D eigenvalue weighted by atomic mass is 19.2. The van der Waals surface area contributed by atoms with Crippen LogP contribution in [0.25, 0.3) is 22.9 Å². The zero-order chi connectivity index (χ0) is 22.7. The average Bonchev–Trinajstić information content (AvgIpc) is 3.27. The van der Waals surface area contributed by atoms with E-state index in [1.165, 1.54) is 0 Å². The van der Waals surface area contributed by atoms with Gasteiger partial charge in [0.2, 0.25) is 11.7 Å². The van der Waals surface area contributed by atoms with Crippen molar-refractivity contribution in [3.05, 3.63) is 53.4 Å². The quantitative estimate of drug-likeness (QED) is 0.263. The van der Waals surface area contributed by atoms with Gasteiger partial charge < -0.3 is 13.7 Å². The molecule has 0 radical (unpaired) electrons. The van der Waals surface area contributed by atoms with E-state index in [1.807, 2.05) is 27.7 Å². The van der Waals surface area contributed by atoms with Gasteiger partial charge in [0.25, 0.3) is 5.89 Å². The predicted molar refractivity (Wildman–Crippen MR) is 101 cm³/mol. The smallest absolute Gasteiger partial charge is 0.416 e. The Morgan fingerprint density at radius 1 is 0.677 bits per heavy atom. The van der Waals surface area contributed by atoms with Crippen LogP contribution in [0.3, 0.4) is 0 Å². The van der Waals surface area contributed by atoms with E-state index < -0.39 is 58.9 Å². The summed E-state index contributed by atoms with van der Waals surface area (Å²) in [5, 5.41) is 7.08. The Bertz CT molecular complexity index is 1120. The summed E-state index contributed by atoms with van der Waals surface area (Å²) < 4.78 is 85.2. The molecule has 1 aromatic heterocycles. The molecule has 1 aliphatic heterocycles. The zero-order valence-corrected chi connectivity index (χ0v) is 16.9. The van der Waals surface area contributed by atoms with Crippen molar-refractivity contribution >= 4 is 12.6 Å². The van der Waals surface area contributed by atoms with Crippen LogP contribution < -0.4 is 5.46 Å². The van der Waals surface area contributed by atoms with Crippen molar-refractivity contribution in [2.24, 2.45) is 0 Å². The van der Waals surface area contributed by atoms with Crippen molar-refractivity contribution in [1.82, 2.24) is 10.2 Å². The van der Waals surface area contributed by atoms with E-state index in [4.69, 9.17) is 13.7 Å². The summed E-state index contributed by atoms with van der Waals surface area (Å²) in [4.78, 5) is 0. The molecule has 0 atom stereocenters. The Hall–Kier alpha value is -2.79. The molecule has 2 aromatic carbocycles. The summed E-state index contributed by atoms with van der Waals surface area (Å²) in [6.45, 7) is 7.67. The third-order valence-corrected chi connectivity index (χ3v) is 5.53. The van der Waals surface area contributed by atoms with Crippen molar-refractivity contribution in [2.75, 3.05) is 0 Å². The maximum absolute atomic E-state index is 14.0. The Morgan fingerprint density at radius 2 is 1.13 bits per heavy atom. The van der Waals surface area contributed by atoms with Crippen LogP contribution in [-0.2, 0) is 9.31 Å². The van der Waals surface area contributed by atoms with E-state index in [9.17, 15) is 22.0 Å². The largest absolute Gasteiger partial charge is 0.494 e. The van der Waals surface area contributed by atoms with Crippen molar-refractivity contribution in [1.29, 1.82) is 0 Å². The van der Waals surface area contributed by atoms with E-state index >= 15 is 0 Å². The summed E-state index contributed by atoms with van der Waals surface area (Å²) in [5.41, 5.74) is -1.26. The highest BCUT2D eigenvalue weighted by molar-refractivity contribution is 6.62. The highest BCUT2D eigenvalue weighted by Gasteiger charge is 2.51. The fourth-order valence-electron chi connectivity index (χ4n) is 3.00. The lowest BCUT2D eigenvalue weighted by atomic mass is 9.79. The summed E-state index contributed by atoms with van der Waals surface area (Å²) in [7, 11) is -0.606. The lowest BCUT2D eigenvalue weighted by Crippen LogP contribution is -2.41. The maximum Gasteiger partial charge on any atom is 0.494 e. The molecule has 1 fully saturated rings. The summed E-state index contributed by atoms with van der Waals surface area (Å²) in [6.07, 6.45) is 0. The van der Waals surface area contributed by atoms with Gasteiger partial charge in [-0.1, -0.05) is 12.1 Å². The predicted octanol–water partition coefficient (Wildman–Crippen LogP) is 4.40. The number of halogens is 5. The molecule has 0 N–H and O–H groups in total. The third-order valence-electron chi connectivity index (χ3n) is 5.53. The van der Waals surface area contributed by atoms with Gasteiger partial charge in [-0.05, 0) is 45.3 Å². The van der Waals surface area contributed by atoms with E-state index in [1.54, 1.807) is 24.3 Å². The normalized spacial score (nSPS) is 17.4. The minimum atomic E-state index is -2.27. The molecule has 1 aliphatic rings. The molecular weight excluding hydrogens is 422 g/mol. The van der Waals surface area contributed by atoms with Crippen LogP contribution >= 0.6 is 0 Å². The molecule has 0 aliphatic carbocycles. The zero-order valence-electron chi connectivity index (χ0n) is 16.9. The van der Waals surface area contributed by atoms with Gasteiger partial charge in [-0.3, -0.25) is 0 Å². The lowest BCUT2D eigenvalue weighted by Gasteiger charge is -2.32. The molecule has 11 heteroatoms. The van der Waals surface area contributed by atoms with Gasteiger partial charge in [-0.15, -0.1) is 10.2 Å². The van der Waals surface area contributed by atoms with E-state index in [-0.39, 0.29) is 5.89 Å². The van der Waals surface area contributed by atoms with E-state index in [0.717, 1.165) is 0 Å². The second-order valence-corrected chi connectivity index (χ2v) is 8.07. The molecule has 3 aromatic rings. The van der Waals surface area contributed by atoms with Gasteiger partial charge >= 0.3 is 7.12 Å². The molecular formula is C20H16BF5N2O3. The fourth-order valence-corrected chi connectivity index (χ4v) is 3.00. The van der Waals surface area contributed by atoms with Crippen molar-refractivity contribution < 1.29 is 35.7 Å². The van der Waals surface area contributed by atoms with Crippen molar-refractivity contribution in [2.45, 2.75) is 38.9 Å². The summed E-state index contributed by atoms with van der Waals surface area (Å²) in [5.74, 6) is -11.6. The first-order valence-electron chi connectivity index (χ1n) is 9.24. The van der Waals surface area contributed by atoms with Gasteiger partial charge in [0, 0.05) is 5.56 Å². The van der Waals surface area contributed by atoms with Gasteiger partial charge in [-0.2, -0.15) is 0 Å². The minimum absolute atomic E-state index is 0.167. The molecule has 162 valence electrons. The van der Waals surface area contributed by atoms with E-state index in [0.29, 0.717) is 11.0 Å². The minimum Gasteiger partial charge on any atom is -0.416 e. The summed E-state index contributed by atoms with van der Waals surface area (Å²) >= 11 is 0. The van der Waals surface area contributed by atoms with Gasteiger partial charge in [-0.25, -0.2) is 22.0 Å². The molecule has 0 bridgehead atoms. The number of rotatable bonds is 3. The first-order chi connectivity index (χ1) is 14.4. The molecule has 0 amide bonds. The fraction of sp³-hybridized carbons (Fsp3) is 0.300. The van der Waals surface area contributed by atoms with Gasteiger partial charge in [0.15, 0.2) is 23.3 Å². The maximum atomic E-state index is 14.0. The Balaban J connectivity index is 1.63. The van der Waals surface area contributed by atoms with Gasteiger partial charge in [0.1, 0.15) is 5.56 Å². The molecule has 31 heavy (non-hydrogen) atoms. The number of benzene rings is 2. The van der Waals surface area contributed by atoms with Crippen LogP contribution in [0, 0.1) is 29.1 Å². The van der Waals surface area contributed by atoms with Gasteiger partial charge in [0.05, 0.1) is 11.2 Å². The molecule has 2 heterocycles. The highest BCUT2D eigenvalue weighted by Crippen LogP contribution is 2.37. The van der Waals surface area contributed by atoms with Crippen LogP contribution in [0.15, 0.2) is 28.7 Å². The Labute approximate surface area is 174 Å². The lowest BCUT2D eigenvalue weighted by molar-refractivity contribution is 0.00578. The van der Waals surface area contributed by atoms with Crippen molar-refractivity contribution in [3.8, 4) is 22.9 Å². The summed E-state index contributed by atoms with van der Waals surface area (Å²) in [6, 6.07) is 6.52. The van der Waals surface area contributed by atoms with Crippen LogP contribution in [0.4, 0.5) is 22.0 Å². The molecule has 4 rings (SSSR count). The van der Waals surface area contributed by atoms with Crippen LogP contribution in [0.2, 0.25) is 0 Å². The second-order valence-electron chi connectivity index (χ2n) is 8.07. The van der Waals surface area contributed by atoms with Crippen molar-refractivity contribution in [3.63, 3.8) is 0 Å². The molecule has 1 saturated heterocycles. The SMILES string of the molecule is CC1(C)OB(c2ccc(-c3nnc(-c4c(F)c(F)c(F)c(F)c4F)o3)cc2)OC1(C)C. The first kappa shape index (κ1) is 21.4. The van der Waals surface area contributed by atoms with Crippen LogP contribution in [0.1, 0.15) is 27.7 Å². The molecule has 0 spiro atoms. The number of hydrogen-bond donors (Lipinski definition) is 0. The standard InChI is InChI=1S/C20H16BF5N2O3/c1-19(2)20(3,4)31-21(30-19)10-7-5-9(6-8-10)17-27-28-18(29-17)11-12(22)14(24)16(26)15(25)13(11)23/h5-8H,1-4H3. The second kappa shape index (κ2) is 7.13. The Kier molecular flexibility index (Phi) is 4.93. The van der Waals surface area contributed by atoms with Crippen LogP contribution in [0.5, 0.6) is 0 Å². The average molecular weight is 438 g/mol. The Morgan fingerprint density at radius 3 is 1.65 bits per heavy atom. The third kappa shape index (κ3) is 3.41. The molecule has 0 unspecified atom stereocenters.